The number of carbonyl (C=O) groups excluding carboxylic acids is 2. The fraction of sp³-hybridized carbons (Fsp3) is 0.176. The minimum atomic E-state index is -0.918. The van der Waals surface area contributed by atoms with Crippen LogP contribution < -0.4 is 5.32 Å². The molecule has 1 N–H and O–H groups in total. The summed E-state index contributed by atoms with van der Waals surface area (Å²) in [6.45, 7) is 0.504. The standard InChI is InChI=1S/C17H13ClN4O2/c18-10-1-2-12-13(9-10)22-8-5-14(23)15(16(22)21-12)17(24)20-11-3-6-19-7-4-11/h1-4,6-7,9,15H,5,8H2,(H,19,20,24). The number of fused-ring (bicyclic) bond motifs is 3. The second-order valence-electron chi connectivity index (χ2n) is 5.63. The van der Waals surface area contributed by atoms with Gasteiger partial charge in [-0.05, 0) is 30.3 Å². The van der Waals surface area contributed by atoms with E-state index >= 15 is 0 Å². The molecule has 1 atom stereocenters. The zero-order valence-electron chi connectivity index (χ0n) is 12.6. The minimum absolute atomic E-state index is 0.129. The van der Waals surface area contributed by atoms with Crippen molar-refractivity contribution in [3.05, 3.63) is 53.6 Å². The van der Waals surface area contributed by atoms with E-state index in [1.807, 2.05) is 4.57 Å². The average molecular weight is 341 g/mol. The molecular weight excluding hydrogens is 328 g/mol. The average Bonchev–Trinajstić information content (AvgIpc) is 2.93. The molecule has 3 heterocycles. The summed E-state index contributed by atoms with van der Waals surface area (Å²) in [5.74, 6) is -0.961. The molecule has 7 heteroatoms. The van der Waals surface area contributed by atoms with E-state index in [1.165, 1.54) is 0 Å². The number of rotatable bonds is 2. The smallest absolute Gasteiger partial charge is 0.242 e. The van der Waals surface area contributed by atoms with E-state index in [0.717, 1.165) is 11.0 Å². The van der Waals surface area contributed by atoms with Gasteiger partial charge in [0.05, 0.1) is 11.0 Å². The van der Waals surface area contributed by atoms with Crippen molar-refractivity contribution < 1.29 is 9.59 Å². The van der Waals surface area contributed by atoms with E-state index in [9.17, 15) is 9.59 Å². The molecule has 0 radical (unpaired) electrons. The third-order valence-corrected chi connectivity index (χ3v) is 4.35. The molecule has 0 bridgehead atoms. The second kappa shape index (κ2) is 5.72. The van der Waals surface area contributed by atoms with Crippen LogP contribution in [0, 0.1) is 0 Å². The number of carbonyl (C=O) groups is 2. The number of imidazole rings is 1. The number of anilines is 1. The van der Waals surface area contributed by atoms with Crippen molar-refractivity contribution in [1.82, 2.24) is 14.5 Å². The van der Waals surface area contributed by atoms with Gasteiger partial charge in [-0.2, -0.15) is 0 Å². The first-order chi connectivity index (χ1) is 11.6. The van der Waals surface area contributed by atoms with Crippen LogP contribution in [0.5, 0.6) is 0 Å². The molecule has 0 saturated heterocycles. The maximum absolute atomic E-state index is 12.7. The highest BCUT2D eigenvalue weighted by molar-refractivity contribution is 6.31. The number of amides is 1. The summed E-state index contributed by atoms with van der Waals surface area (Å²) < 4.78 is 1.90. The van der Waals surface area contributed by atoms with Gasteiger partial charge in [-0.1, -0.05) is 11.6 Å². The lowest BCUT2D eigenvalue weighted by Crippen LogP contribution is -2.34. The van der Waals surface area contributed by atoms with Gasteiger partial charge >= 0.3 is 0 Å². The fourth-order valence-corrected chi connectivity index (χ4v) is 3.16. The van der Waals surface area contributed by atoms with Gasteiger partial charge in [0.15, 0.2) is 11.7 Å². The number of ketones is 1. The van der Waals surface area contributed by atoms with Crippen molar-refractivity contribution in [2.45, 2.75) is 18.9 Å². The normalized spacial score (nSPS) is 16.9. The van der Waals surface area contributed by atoms with E-state index in [2.05, 4.69) is 15.3 Å². The van der Waals surface area contributed by atoms with E-state index in [1.54, 1.807) is 42.7 Å². The number of aryl methyl sites for hydroxylation is 1. The summed E-state index contributed by atoms with van der Waals surface area (Å²) in [7, 11) is 0. The summed E-state index contributed by atoms with van der Waals surface area (Å²) in [6.07, 6.45) is 3.45. The van der Waals surface area contributed by atoms with Crippen LogP contribution in [0.1, 0.15) is 18.2 Å². The Labute approximate surface area is 142 Å². The number of nitrogens with one attached hydrogen (secondary N) is 1. The van der Waals surface area contributed by atoms with Crippen LogP contribution in [0.4, 0.5) is 5.69 Å². The number of pyridine rings is 1. The zero-order valence-corrected chi connectivity index (χ0v) is 13.3. The topological polar surface area (TPSA) is 76.9 Å². The number of nitrogens with zero attached hydrogens (tertiary/aromatic N) is 3. The molecule has 4 rings (SSSR count). The molecule has 2 aromatic heterocycles. The summed E-state index contributed by atoms with van der Waals surface area (Å²) in [4.78, 5) is 33.4. The number of halogens is 1. The van der Waals surface area contributed by atoms with Gasteiger partial charge < -0.3 is 9.88 Å². The Balaban J connectivity index is 1.75. The van der Waals surface area contributed by atoms with Crippen molar-refractivity contribution >= 4 is 40.0 Å². The molecule has 24 heavy (non-hydrogen) atoms. The Morgan fingerprint density at radius 1 is 1.25 bits per heavy atom. The van der Waals surface area contributed by atoms with E-state index in [4.69, 9.17) is 11.6 Å². The minimum Gasteiger partial charge on any atom is -0.326 e. The summed E-state index contributed by atoms with van der Waals surface area (Å²) in [5.41, 5.74) is 2.16. The Kier molecular flexibility index (Phi) is 3.54. The molecule has 0 aliphatic carbocycles. The highest BCUT2D eigenvalue weighted by Gasteiger charge is 2.36. The molecule has 120 valence electrons. The van der Waals surface area contributed by atoms with Crippen LogP contribution in [-0.4, -0.2) is 26.2 Å². The number of aromatic nitrogens is 3. The second-order valence-corrected chi connectivity index (χ2v) is 6.07. The lowest BCUT2D eigenvalue weighted by atomic mass is 9.96. The predicted octanol–water partition coefficient (Wildman–Crippen LogP) is 2.78. The lowest BCUT2D eigenvalue weighted by Gasteiger charge is -2.22. The van der Waals surface area contributed by atoms with Crippen molar-refractivity contribution in [3.8, 4) is 0 Å². The number of hydrogen-bond donors (Lipinski definition) is 1. The van der Waals surface area contributed by atoms with E-state index in [-0.39, 0.29) is 11.7 Å². The summed E-state index contributed by atoms with van der Waals surface area (Å²) in [6, 6.07) is 8.70. The molecule has 0 spiro atoms. The number of hydrogen-bond acceptors (Lipinski definition) is 4. The predicted molar refractivity (Wildman–Crippen MR) is 90.0 cm³/mol. The van der Waals surface area contributed by atoms with Gasteiger partial charge in [0.2, 0.25) is 5.91 Å². The lowest BCUT2D eigenvalue weighted by molar-refractivity contribution is -0.128. The Bertz CT molecular complexity index is 952. The van der Waals surface area contributed by atoms with Crippen LogP contribution in [0.25, 0.3) is 11.0 Å². The van der Waals surface area contributed by atoms with E-state index in [0.29, 0.717) is 29.5 Å². The monoisotopic (exact) mass is 340 g/mol. The maximum Gasteiger partial charge on any atom is 0.242 e. The van der Waals surface area contributed by atoms with Crippen LogP contribution in [0.2, 0.25) is 5.02 Å². The van der Waals surface area contributed by atoms with E-state index < -0.39 is 5.92 Å². The third-order valence-electron chi connectivity index (χ3n) is 4.11. The maximum atomic E-state index is 12.7. The van der Waals surface area contributed by atoms with Crippen LogP contribution in [0.3, 0.4) is 0 Å². The van der Waals surface area contributed by atoms with Gasteiger partial charge in [-0.25, -0.2) is 4.98 Å². The Morgan fingerprint density at radius 2 is 2.04 bits per heavy atom. The first-order valence-corrected chi connectivity index (χ1v) is 7.90. The molecule has 0 saturated carbocycles. The van der Waals surface area contributed by atoms with Crippen LogP contribution in [-0.2, 0) is 16.1 Å². The summed E-state index contributed by atoms with van der Waals surface area (Å²) >= 11 is 6.06. The molecule has 1 amide bonds. The van der Waals surface area contributed by atoms with Crippen LogP contribution in [0.15, 0.2) is 42.7 Å². The molecule has 1 aliphatic rings. The molecule has 3 aromatic rings. The third kappa shape index (κ3) is 2.45. The first kappa shape index (κ1) is 14.8. The van der Waals surface area contributed by atoms with Gasteiger partial charge in [-0.3, -0.25) is 14.6 Å². The van der Waals surface area contributed by atoms with Crippen molar-refractivity contribution in [3.63, 3.8) is 0 Å². The Hall–Kier alpha value is -2.73. The van der Waals surface area contributed by atoms with Crippen LogP contribution >= 0.6 is 11.6 Å². The summed E-state index contributed by atoms with van der Waals surface area (Å²) in [5, 5.41) is 3.36. The molecule has 1 aliphatic heterocycles. The SMILES string of the molecule is O=C1CCn2c(nc3ccc(Cl)cc32)C1C(=O)Nc1ccncc1. The largest absolute Gasteiger partial charge is 0.326 e. The number of Topliss-reactive ketones (excluding diaryl/α,β-unsaturated/α-hetero) is 1. The number of benzene rings is 1. The quantitative estimate of drug-likeness (QED) is 0.728. The molecule has 6 nitrogen and oxygen atoms in total. The molecule has 1 unspecified atom stereocenters. The zero-order chi connectivity index (χ0) is 16.7. The van der Waals surface area contributed by atoms with Gasteiger partial charge in [-0.15, -0.1) is 0 Å². The molecular formula is C17H13ClN4O2. The van der Waals surface area contributed by atoms with Crippen molar-refractivity contribution in [2.75, 3.05) is 5.32 Å². The Morgan fingerprint density at radius 3 is 2.83 bits per heavy atom. The van der Waals surface area contributed by atoms with Gasteiger partial charge in [0, 0.05) is 36.1 Å². The highest BCUT2D eigenvalue weighted by Crippen LogP contribution is 2.30. The highest BCUT2D eigenvalue weighted by atomic mass is 35.5. The fourth-order valence-electron chi connectivity index (χ4n) is 2.99. The van der Waals surface area contributed by atoms with Crippen molar-refractivity contribution in [2.24, 2.45) is 0 Å². The van der Waals surface area contributed by atoms with Gasteiger partial charge in [0.25, 0.3) is 0 Å². The molecule has 0 fully saturated rings. The molecule has 1 aromatic carbocycles. The van der Waals surface area contributed by atoms with Gasteiger partial charge in [0.1, 0.15) is 5.82 Å². The first-order valence-electron chi connectivity index (χ1n) is 7.53. The van der Waals surface area contributed by atoms with Crippen molar-refractivity contribution in [1.29, 1.82) is 0 Å².